The van der Waals surface area contributed by atoms with Crippen LogP contribution in [0.15, 0.2) is 29.2 Å². The van der Waals surface area contributed by atoms with Crippen LogP contribution in [0.3, 0.4) is 0 Å². The second kappa shape index (κ2) is 11.4. The molecule has 8 nitrogen and oxygen atoms in total. The first-order chi connectivity index (χ1) is 17.3. The third-order valence-corrected chi connectivity index (χ3v) is 10.1. The number of hydrogen-bond donors (Lipinski definition) is 1. The molecular weight excluding hydrogens is 496 g/mol. The van der Waals surface area contributed by atoms with Crippen molar-refractivity contribution in [3.05, 3.63) is 45.8 Å². The summed E-state index contributed by atoms with van der Waals surface area (Å²) in [7, 11) is -1.55. The lowest BCUT2D eigenvalue weighted by molar-refractivity contribution is 0.0792. The van der Waals surface area contributed by atoms with Crippen LogP contribution in [0.25, 0.3) is 0 Å². The molecule has 2 aliphatic heterocycles. The van der Waals surface area contributed by atoms with Crippen LogP contribution in [-0.2, 0) is 23.0 Å². The van der Waals surface area contributed by atoms with Crippen molar-refractivity contribution >= 4 is 38.2 Å². The number of hydrogen-bond acceptors (Lipinski definition) is 6. The topological polar surface area (TPSA) is 90.0 Å². The highest BCUT2D eigenvalue weighted by Gasteiger charge is 2.31. The molecule has 2 aromatic rings. The number of unbranched alkanes of at least 4 members (excludes halogenated alkanes) is 1. The zero-order valence-corrected chi connectivity index (χ0v) is 23.0. The van der Waals surface area contributed by atoms with Gasteiger partial charge in [0.2, 0.25) is 10.0 Å². The van der Waals surface area contributed by atoms with E-state index in [1.807, 2.05) is 18.7 Å². The van der Waals surface area contributed by atoms with Gasteiger partial charge in [-0.25, -0.2) is 8.42 Å². The summed E-state index contributed by atoms with van der Waals surface area (Å²) in [5, 5.41) is 3.57. The van der Waals surface area contributed by atoms with Gasteiger partial charge >= 0.3 is 0 Å². The molecule has 0 spiro atoms. The van der Waals surface area contributed by atoms with Crippen molar-refractivity contribution < 1.29 is 18.0 Å². The van der Waals surface area contributed by atoms with Crippen LogP contribution in [-0.4, -0.2) is 74.1 Å². The first kappa shape index (κ1) is 26.8. The summed E-state index contributed by atoms with van der Waals surface area (Å²) in [4.78, 5) is 32.0. The fraction of sp³-hybridized carbons (Fsp3) is 0.538. The van der Waals surface area contributed by atoms with E-state index in [2.05, 4.69) is 17.3 Å². The molecule has 1 saturated heterocycles. The number of amides is 2. The molecule has 10 heteroatoms. The van der Waals surface area contributed by atoms with E-state index in [1.54, 1.807) is 12.1 Å². The van der Waals surface area contributed by atoms with E-state index >= 15 is 0 Å². The Morgan fingerprint density at radius 2 is 1.78 bits per heavy atom. The second-order valence-corrected chi connectivity index (χ2v) is 12.6. The monoisotopic (exact) mass is 532 g/mol. The Morgan fingerprint density at radius 1 is 1.08 bits per heavy atom. The van der Waals surface area contributed by atoms with Gasteiger partial charge in [0.25, 0.3) is 11.8 Å². The molecule has 3 heterocycles. The normalized spacial score (nSPS) is 16.4. The number of likely N-dealkylation sites (N-methyl/N-ethyl adjacent to an activating group) is 1. The average Bonchev–Trinajstić information content (AvgIpc) is 3.52. The van der Waals surface area contributed by atoms with Gasteiger partial charge in [-0.2, -0.15) is 4.31 Å². The van der Waals surface area contributed by atoms with Gasteiger partial charge < -0.3 is 15.1 Å². The van der Waals surface area contributed by atoms with Crippen molar-refractivity contribution in [1.82, 2.24) is 14.1 Å². The minimum atomic E-state index is -3.61. The van der Waals surface area contributed by atoms with E-state index < -0.39 is 10.0 Å². The van der Waals surface area contributed by atoms with Crippen molar-refractivity contribution in [2.45, 2.75) is 57.4 Å². The number of rotatable bonds is 9. The van der Waals surface area contributed by atoms with Crippen molar-refractivity contribution in [2.75, 3.05) is 45.1 Å². The lowest BCUT2D eigenvalue weighted by Gasteiger charge is -2.23. The Bertz CT molecular complexity index is 1200. The SMILES string of the molecule is CCCCN(CC)S(=O)(=O)c1ccc(C(=O)Nc2sc3c(c2C(=O)N2CCCC2)CCN(C)C3)cc1. The van der Waals surface area contributed by atoms with E-state index in [0.29, 0.717) is 29.2 Å². The summed E-state index contributed by atoms with van der Waals surface area (Å²) in [6.45, 7) is 7.86. The van der Waals surface area contributed by atoms with Gasteiger partial charge in [0, 0.05) is 49.7 Å². The highest BCUT2D eigenvalue weighted by molar-refractivity contribution is 7.89. The number of benzene rings is 1. The number of anilines is 1. The smallest absolute Gasteiger partial charge is 0.257 e. The number of sulfonamides is 1. The van der Waals surface area contributed by atoms with Crippen molar-refractivity contribution in [3.63, 3.8) is 0 Å². The van der Waals surface area contributed by atoms with Crippen LogP contribution >= 0.6 is 11.3 Å². The van der Waals surface area contributed by atoms with Crippen molar-refractivity contribution in [3.8, 4) is 0 Å². The maximum Gasteiger partial charge on any atom is 0.257 e. The quantitative estimate of drug-likeness (QED) is 0.527. The van der Waals surface area contributed by atoms with Crippen LogP contribution in [0.2, 0.25) is 0 Å². The molecule has 1 N–H and O–H groups in total. The number of nitrogens with zero attached hydrogens (tertiary/aromatic N) is 3. The Kier molecular flexibility index (Phi) is 8.49. The molecule has 1 fully saturated rings. The van der Waals surface area contributed by atoms with Gasteiger partial charge in [0.05, 0.1) is 10.5 Å². The zero-order chi connectivity index (χ0) is 25.9. The van der Waals surface area contributed by atoms with Gasteiger partial charge in [0.15, 0.2) is 0 Å². The summed E-state index contributed by atoms with van der Waals surface area (Å²) >= 11 is 1.47. The molecule has 2 amide bonds. The number of fused-ring (bicyclic) bond motifs is 1. The van der Waals surface area contributed by atoms with Crippen LogP contribution in [0, 0.1) is 0 Å². The Hall–Kier alpha value is -2.27. The van der Waals surface area contributed by atoms with Crippen molar-refractivity contribution in [2.24, 2.45) is 0 Å². The first-order valence-corrected chi connectivity index (χ1v) is 15.1. The van der Waals surface area contributed by atoms with Gasteiger partial charge in [-0.3, -0.25) is 9.59 Å². The molecule has 0 saturated carbocycles. The van der Waals surface area contributed by atoms with Gasteiger partial charge in [-0.1, -0.05) is 20.3 Å². The van der Waals surface area contributed by atoms with Gasteiger partial charge in [0.1, 0.15) is 5.00 Å². The van der Waals surface area contributed by atoms with E-state index in [-0.39, 0.29) is 16.7 Å². The van der Waals surface area contributed by atoms with Crippen LogP contribution < -0.4 is 5.32 Å². The third-order valence-electron chi connectivity index (χ3n) is 6.95. The molecule has 36 heavy (non-hydrogen) atoms. The summed E-state index contributed by atoms with van der Waals surface area (Å²) in [5.74, 6) is -0.349. The summed E-state index contributed by atoms with van der Waals surface area (Å²) in [6.07, 6.45) is 4.51. The molecule has 196 valence electrons. The molecule has 1 aromatic heterocycles. The van der Waals surface area contributed by atoms with Crippen molar-refractivity contribution in [1.29, 1.82) is 0 Å². The third kappa shape index (κ3) is 5.51. The Balaban J connectivity index is 1.57. The predicted molar refractivity (Wildman–Crippen MR) is 143 cm³/mol. The number of thiophene rings is 1. The molecule has 0 atom stereocenters. The summed E-state index contributed by atoms with van der Waals surface area (Å²) in [5.41, 5.74) is 2.04. The molecular formula is C26H36N4O4S2. The standard InChI is InChI=1S/C26H36N4O4S2/c1-4-6-16-30(5-2)36(33,34)20-11-9-19(10-12-20)24(31)27-25-23(26(32)29-14-7-8-15-29)21-13-17-28(3)18-22(21)35-25/h9-12H,4-8,13-18H2,1-3H3,(H,27,31). The summed E-state index contributed by atoms with van der Waals surface area (Å²) < 4.78 is 27.5. The summed E-state index contributed by atoms with van der Waals surface area (Å²) in [6, 6.07) is 6.06. The minimum Gasteiger partial charge on any atom is -0.339 e. The van der Waals surface area contributed by atoms with Gasteiger partial charge in [-0.05, 0) is 62.6 Å². The van der Waals surface area contributed by atoms with Crippen LogP contribution in [0.1, 0.15) is 70.7 Å². The van der Waals surface area contributed by atoms with E-state index in [4.69, 9.17) is 0 Å². The molecule has 4 rings (SSSR count). The average molecular weight is 533 g/mol. The number of nitrogens with one attached hydrogen (secondary N) is 1. The maximum atomic E-state index is 13.4. The molecule has 0 radical (unpaired) electrons. The predicted octanol–water partition coefficient (Wildman–Crippen LogP) is 4.04. The lowest BCUT2D eigenvalue weighted by Crippen LogP contribution is -2.32. The zero-order valence-electron chi connectivity index (χ0n) is 21.4. The van der Waals surface area contributed by atoms with Crippen LogP contribution in [0.5, 0.6) is 0 Å². The van der Waals surface area contributed by atoms with E-state index in [0.717, 1.165) is 68.7 Å². The number of likely N-dealkylation sites (tertiary alicyclic amines) is 1. The lowest BCUT2D eigenvalue weighted by atomic mass is 10.0. The minimum absolute atomic E-state index is 0.00182. The first-order valence-electron chi connectivity index (χ1n) is 12.8. The second-order valence-electron chi connectivity index (χ2n) is 9.52. The van der Waals surface area contributed by atoms with Gasteiger partial charge in [-0.15, -0.1) is 11.3 Å². The number of carbonyl (C=O) groups excluding carboxylic acids is 2. The van der Waals surface area contributed by atoms with E-state index in [1.165, 1.54) is 27.8 Å². The molecule has 1 aromatic carbocycles. The maximum absolute atomic E-state index is 13.4. The fourth-order valence-corrected chi connectivity index (χ4v) is 7.61. The largest absolute Gasteiger partial charge is 0.339 e. The Labute approximate surface area is 218 Å². The Morgan fingerprint density at radius 3 is 2.42 bits per heavy atom. The van der Waals surface area contributed by atoms with Crippen LogP contribution in [0.4, 0.5) is 5.00 Å². The highest BCUT2D eigenvalue weighted by Crippen LogP contribution is 2.38. The molecule has 2 aliphatic rings. The molecule has 0 aliphatic carbocycles. The fourth-order valence-electron chi connectivity index (χ4n) is 4.81. The van der Waals surface area contributed by atoms with E-state index in [9.17, 15) is 18.0 Å². The molecule has 0 unspecified atom stereocenters. The highest BCUT2D eigenvalue weighted by atomic mass is 32.2. The number of carbonyl (C=O) groups is 2. The molecule has 0 bridgehead atoms.